The van der Waals surface area contributed by atoms with E-state index in [1.807, 2.05) is 0 Å². The Morgan fingerprint density at radius 3 is 3.00 bits per heavy atom. The average Bonchev–Trinajstić information content (AvgIpc) is 2.83. The molecule has 104 valence electrons. The van der Waals surface area contributed by atoms with E-state index in [0.717, 1.165) is 12.1 Å². The summed E-state index contributed by atoms with van der Waals surface area (Å²) in [5.74, 6) is 0. The number of fused-ring (bicyclic) bond motifs is 1. The molecular weight excluding hydrogens is 232 g/mol. The highest BCUT2D eigenvalue weighted by Crippen LogP contribution is 2.24. The first-order valence-electron chi connectivity index (χ1n) is 7.76. The van der Waals surface area contributed by atoms with Gasteiger partial charge in [0.15, 0.2) is 0 Å². The van der Waals surface area contributed by atoms with E-state index >= 15 is 0 Å². The Bertz CT molecular complexity index is 429. The highest BCUT2D eigenvalue weighted by molar-refractivity contribution is 5.22. The highest BCUT2D eigenvalue weighted by atomic mass is 15.3. The van der Waals surface area contributed by atoms with Gasteiger partial charge in [0.05, 0.1) is 0 Å². The second-order valence-electron chi connectivity index (χ2n) is 6.37. The molecule has 2 unspecified atom stereocenters. The van der Waals surface area contributed by atoms with Gasteiger partial charge in [-0.05, 0) is 45.2 Å². The van der Waals surface area contributed by atoms with E-state index in [0.29, 0.717) is 0 Å². The van der Waals surface area contributed by atoms with E-state index in [1.165, 1.54) is 56.6 Å². The van der Waals surface area contributed by atoms with Crippen molar-refractivity contribution in [2.75, 3.05) is 26.2 Å². The molecule has 2 heteroatoms. The van der Waals surface area contributed by atoms with Crippen molar-refractivity contribution in [3.63, 3.8) is 0 Å². The summed E-state index contributed by atoms with van der Waals surface area (Å²) >= 11 is 0. The van der Waals surface area contributed by atoms with Gasteiger partial charge in [-0.25, -0.2) is 0 Å². The van der Waals surface area contributed by atoms with Crippen molar-refractivity contribution in [2.45, 2.75) is 45.2 Å². The van der Waals surface area contributed by atoms with Crippen molar-refractivity contribution in [1.82, 2.24) is 9.80 Å². The van der Waals surface area contributed by atoms with Gasteiger partial charge in [0.2, 0.25) is 0 Å². The fourth-order valence-electron chi connectivity index (χ4n) is 3.70. The van der Waals surface area contributed by atoms with Crippen molar-refractivity contribution < 1.29 is 0 Å². The van der Waals surface area contributed by atoms with Gasteiger partial charge in [-0.15, -0.1) is 0 Å². The molecule has 0 saturated carbocycles. The third kappa shape index (κ3) is 3.01. The first-order chi connectivity index (χ1) is 9.22. The van der Waals surface area contributed by atoms with Gasteiger partial charge in [0, 0.05) is 31.7 Å². The monoisotopic (exact) mass is 258 g/mol. The fraction of sp³-hybridized carbons (Fsp3) is 0.647. The lowest BCUT2D eigenvalue weighted by molar-refractivity contribution is 0.0605. The van der Waals surface area contributed by atoms with Crippen LogP contribution in [0.4, 0.5) is 0 Å². The summed E-state index contributed by atoms with van der Waals surface area (Å²) < 4.78 is 0. The molecule has 1 aromatic carbocycles. The van der Waals surface area contributed by atoms with Crippen LogP contribution in [0.5, 0.6) is 0 Å². The molecule has 0 spiro atoms. The highest BCUT2D eigenvalue weighted by Gasteiger charge is 2.33. The lowest BCUT2D eigenvalue weighted by Crippen LogP contribution is -2.55. The van der Waals surface area contributed by atoms with E-state index in [4.69, 9.17) is 0 Å². The summed E-state index contributed by atoms with van der Waals surface area (Å²) in [7, 11) is 0. The summed E-state index contributed by atoms with van der Waals surface area (Å²) in [4.78, 5) is 5.41. The topological polar surface area (TPSA) is 6.48 Å². The third-order valence-corrected chi connectivity index (χ3v) is 4.84. The summed E-state index contributed by atoms with van der Waals surface area (Å²) in [6.45, 7) is 9.69. The van der Waals surface area contributed by atoms with Gasteiger partial charge in [0.1, 0.15) is 0 Å². The summed E-state index contributed by atoms with van der Waals surface area (Å²) in [5, 5.41) is 0. The molecule has 0 bridgehead atoms. The Morgan fingerprint density at radius 2 is 2.16 bits per heavy atom. The van der Waals surface area contributed by atoms with Crippen LogP contribution in [0.15, 0.2) is 24.3 Å². The van der Waals surface area contributed by atoms with Gasteiger partial charge in [-0.2, -0.15) is 0 Å². The number of nitrogens with zero attached hydrogens (tertiary/aromatic N) is 2. The molecular formula is C17H26N2. The molecule has 0 N–H and O–H groups in total. The average molecular weight is 258 g/mol. The molecule has 1 aromatic rings. The van der Waals surface area contributed by atoms with Crippen LogP contribution in [-0.4, -0.2) is 48.1 Å². The zero-order valence-electron chi connectivity index (χ0n) is 12.3. The van der Waals surface area contributed by atoms with Crippen LogP contribution in [0.3, 0.4) is 0 Å². The van der Waals surface area contributed by atoms with Gasteiger partial charge in [-0.1, -0.05) is 29.8 Å². The molecule has 2 atom stereocenters. The normalized spacial score (nSPS) is 28.5. The molecule has 2 heterocycles. The second kappa shape index (κ2) is 5.64. The molecule has 2 fully saturated rings. The molecule has 0 amide bonds. The predicted molar refractivity (Wildman–Crippen MR) is 80.5 cm³/mol. The number of aryl methyl sites for hydroxylation is 1. The number of benzene rings is 1. The van der Waals surface area contributed by atoms with Crippen LogP contribution in [0, 0.1) is 6.92 Å². The van der Waals surface area contributed by atoms with Crippen LogP contribution in [0.1, 0.15) is 30.9 Å². The smallest absolute Gasteiger partial charge is 0.0224 e. The van der Waals surface area contributed by atoms with Gasteiger partial charge in [-0.3, -0.25) is 9.80 Å². The van der Waals surface area contributed by atoms with Crippen LogP contribution >= 0.6 is 0 Å². The molecule has 2 saturated heterocycles. The molecule has 2 nitrogen and oxygen atoms in total. The van der Waals surface area contributed by atoms with Crippen molar-refractivity contribution in [3.8, 4) is 0 Å². The van der Waals surface area contributed by atoms with Crippen molar-refractivity contribution in [2.24, 2.45) is 0 Å². The first-order valence-corrected chi connectivity index (χ1v) is 7.76. The SMILES string of the molecule is Cc1cccc(CCN2CC3CCCN3CC2C)c1. The van der Waals surface area contributed by atoms with E-state index in [1.54, 1.807) is 0 Å². The van der Waals surface area contributed by atoms with E-state index in [9.17, 15) is 0 Å². The molecule has 0 aromatic heterocycles. The van der Waals surface area contributed by atoms with Crippen molar-refractivity contribution >= 4 is 0 Å². The maximum Gasteiger partial charge on any atom is 0.0224 e. The Kier molecular flexibility index (Phi) is 3.90. The largest absolute Gasteiger partial charge is 0.298 e. The minimum atomic E-state index is 0.721. The summed E-state index contributed by atoms with van der Waals surface area (Å²) in [5.41, 5.74) is 2.87. The van der Waals surface area contributed by atoms with Crippen LogP contribution in [0.25, 0.3) is 0 Å². The van der Waals surface area contributed by atoms with Gasteiger partial charge >= 0.3 is 0 Å². The van der Waals surface area contributed by atoms with E-state index in [-0.39, 0.29) is 0 Å². The molecule has 3 rings (SSSR count). The van der Waals surface area contributed by atoms with Crippen LogP contribution in [-0.2, 0) is 6.42 Å². The quantitative estimate of drug-likeness (QED) is 0.822. The van der Waals surface area contributed by atoms with E-state index in [2.05, 4.69) is 47.9 Å². The Balaban J connectivity index is 1.57. The Hall–Kier alpha value is -0.860. The Labute approximate surface area is 117 Å². The number of rotatable bonds is 3. The zero-order chi connectivity index (χ0) is 13.2. The lowest BCUT2D eigenvalue weighted by Gasteiger charge is -2.42. The van der Waals surface area contributed by atoms with Crippen molar-refractivity contribution in [3.05, 3.63) is 35.4 Å². The van der Waals surface area contributed by atoms with Crippen LogP contribution < -0.4 is 0 Å². The fourth-order valence-corrected chi connectivity index (χ4v) is 3.70. The lowest BCUT2D eigenvalue weighted by atomic mass is 10.1. The number of piperazine rings is 1. The first kappa shape index (κ1) is 13.1. The van der Waals surface area contributed by atoms with Gasteiger partial charge < -0.3 is 0 Å². The van der Waals surface area contributed by atoms with E-state index < -0.39 is 0 Å². The minimum absolute atomic E-state index is 0.721. The number of hydrogen-bond donors (Lipinski definition) is 0. The molecule has 2 aliphatic heterocycles. The summed E-state index contributed by atoms with van der Waals surface area (Å²) in [6.07, 6.45) is 4.01. The zero-order valence-corrected chi connectivity index (χ0v) is 12.3. The van der Waals surface area contributed by atoms with Crippen molar-refractivity contribution in [1.29, 1.82) is 0 Å². The second-order valence-corrected chi connectivity index (χ2v) is 6.37. The molecule has 19 heavy (non-hydrogen) atoms. The third-order valence-electron chi connectivity index (χ3n) is 4.84. The van der Waals surface area contributed by atoms with Gasteiger partial charge in [0.25, 0.3) is 0 Å². The number of hydrogen-bond acceptors (Lipinski definition) is 2. The molecule has 0 aliphatic carbocycles. The minimum Gasteiger partial charge on any atom is -0.298 e. The molecule has 0 radical (unpaired) electrons. The standard InChI is InChI=1S/C17H26N2/c1-14-5-3-6-16(11-14)8-10-18-13-17-7-4-9-19(17)12-15(18)2/h3,5-6,11,15,17H,4,7-10,12-13H2,1-2H3. The predicted octanol–water partition coefficient (Wildman–Crippen LogP) is 2.71. The summed E-state index contributed by atoms with van der Waals surface area (Å²) in [6, 6.07) is 10.5. The Morgan fingerprint density at radius 1 is 1.26 bits per heavy atom. The maximum absolute atomic E-state index is 2.70. The van der Waals surface area contributed by atoms with Crippen LogP contribution in [0.2, 0.25) is 0 Å². The molecule has 2 aliphatic rings. The maximum atomic E-state index is 2.70.